The Morgan fingerprint density at radius 2 is 0.760 bits per heavy atom. The summed E-state index contributed by atoms with van der Waals surface area (Å²) in [4.78, 5) is 2.37. The van der Waals surface area contributed by atoms with Crippen LogP contribution in [0.25, 0.3) is 55.3 Å². The molecule has 9 rings (SSSR count). The lowest BCUT2D eigenvalue weighted by atomic mass is 9.97. The lowest BCUT2D eigenvalue weighted by molar-refractivity contribution is 1.28. The van der Waals surface area contributed by atoms with Crippen molar-refractivity contribution in [1.29, 1.82) is 0 Å². The zero-order valence-corrected chi connectivity index (χ0v) is 29.3. The zero-order valence-electron chi connectivity index (χ0n) is 28.3. The third-order valence-corrected chi connectivity index (χ3v) is 14.0. The van der Waals surface area contributed by atoms with Gasteiger partial charge in [0.05, 0.1) is 0 Å². The Bertz CT molecular complexity index is 2500. The molecule has 1 aliphatic heterocycles. The summed E-state index contributed by atoms with van der Waals surface area (Å²) < 4.78 is 0. The fourth-order valence-electron chi connectivity index (χ4n) is 7.78. The van der Waals surface area contributed by atoms with Crippen molar-refractivity contribution >= 4 is 46.3 Å². The highest BCUT2D eigenvalue weighted by molar-refractivity contribution is 7.04. The van der Waals surface area contributed by atoms with Gasteiger partial charge >= 0.3 is 0 Å². The average Bonchev–Trinajstić information content (AvgIpc) is 3.39. The van der Waals surface area contributed by atoms with Gasteiger partial charge in [-0.1, -0.05) is 153 Å². The molecule has 0 radical (unpaired) electrons. The molecule has 2 heteroatoms. The first-order valence-corrected chi connectivity index (χ1v) is 20.4. The van der Waals surface area contributed by atoms with Crippen LogP contribution >= 0.6 is 0 Å². The van der Waals surface area contributed by atoms with Gasteiger partial charge in [0, 0.05) is 17.1 Å². The smallest absolute Gasteiger partial charge is 0.113 e. The van der Waals surface area contributed by atoms with Crippen molar-refractivity contribution in [2.75, 3.05) is 4.90 Å². The van der Waals surface area contributed by atoms with Gasteiger partial charge in [-0.05, 0) is 114 Å². The fourth-order valence-corrected chi connectivity index (χ4v) is 10.8. The molecular formula is C48H37NSi. The van der Waals surface area contributed by atoms with E-state index in [4.69, 9.17) is 0 Å². The van der Waals surface area contributed by atoms with Crippen molar-refractivity contribution in [3.63, 3.8) is 0 Å². The van der Waals surface area contributed by atoms with Crippen LogP contribution in [0.2, 0.25) is 13.1 Å². The van der Waals surface area contributed by atoms with E-state index < -0.39 is 8.07 Å². The number of hydrogen-bond donors (Lipinski definition) is 0. The molecule has 1 heterocycles. The van der Waals surface area contributed by atoms with Crippen LogP contribution in [0.5, 0.6) is 0 Å². The molecule has 0 saturated heterocycles. The summed E-state index contributed by atoms with van der Waals surface area (Å²) in [5.74, 6) is 0. The molecule has 0 unspecified atom stereocenters. The molecule has 0 bridgehead atoms. The van der Waals surface area contributed by atoms with Crippen LogP contribution in [0, 0.1) is 0 Å². The summed E-state index contributed by atoms with van der Waals surface area (Å²) in [6.07, 6.45) is 0. The second-order valence-corrected chi connectivity index (χ2v) is 18.2. The highest BCUT2D eigenvalue weighted by Gasteiger charge is 2.37. The Labute approximate surface area is 295 Å². The lowest BCUT2D eigenvalue weighted by Crippen LogP contribution is -2.49. The predicted octanol–water partition coefficient (Wildman–Crippen LogP) is 12.1. The Morgan fingerprint density at radius 1 is 0.320 bits per heavy atom. The van der Waals surface area contributed by atoms with Gasteiger partial charge in [0.2, 0.25) is 0 Å². The minimum atomic E-state index is -1.80. The van der Waals surface area contributed by atoms with E-state index in [1.54, 1.807) is 5.19 Å². The van der Waals surface area contributed by atoms with E-state index in [0.717, 1.165) is 17.1 Å². The first-order chi connectivity index (χ1) is 24.5. The van der Waals surface area contributed by atoms with Crippen LogP contribution in [0.15, 0.2) is 188 Å². The standard InChI is InChI=1S/C48H37NSi/c1-50(2)47-28-27-41(32-45(47)46-31-39-15-9-10-16-40(39)33-48(46)50)38-18-12-22-44(30-38)49(42-19-7-4-8-20-42)43-21-11-17-37(29-43)36-25-23-35(24-26-36)34-13-5-3-6-14-34/h3-33H,1-2H3. The van der Waals surface area contributed by atoms with Crippen molar-refractivity contribution in [2.24, 2.45) is 0 Å². The third-order valence-electron chi connectivity index (χ3n) is 10.4. The second kappa shape index (κ2) is 12.2. The zero-order chi connectivity index (χ0) is 33.7. The van der Waals surface area contributed by atoms with Crippen molar-refractivity contribution in [2.45, 2.75) is 13.1 Å². The van der Waals surface area contributed by atoms with Crippen LogP contribution in [0.1, 0.15) is 0 Å². The van der Waals surface area contributed by atoms with E-state index in [9.17, 15) is 0 Å². The normalized spacial score (nSPS) is 12.8. The van der Waals surface area contributed by atoms with E-state index in [1.807, 2.05) is 0 Å². The molecule has 238 valence electrons. The van der Waals surface area contributed by atoms with Crippen LogP contribution in [0.4, 0.5) is 17.1 Å². The Hall–Kier alpha value is -5.96. The number of hydrogen-bond acceptors (Lipinski definition) is 1. The molecule has 0 saturated carbocycles. The monoisotopic (exact) mass is 655 g/mol. The second-order valence-electron chi connectivity index (χ2n) is 13.8. The minimum absolute atomic E-state index is 1.13. The molecule has 0 aliphatic carbocycles. The maximum atomic E-state index is 2.50. The summed E-state index contributed by atoms with van der Waals surface area (Å²) >= 11 is 0. The maximum Gasteiger partial charge on any atom is 0.113 e. The van der Waals surface area contributed by atoms with Crippen molar-refractivity contribution in [1.82, 2.24) is 0 Å². The molecule has 0 fully saturated rings. The summed E-state index contributed by atoms with van der Waals surface area (Å²) in [6, 6.07) is 68.9. The van der Waals surface area contributed by atoms with E-state index in [1.165, 1.54) is 60.5 Å². The number of benzene rings is 8. The Balaban J connectivity index is 1.11. The molecule has 8 aromatic carbocycles. The van der Waals surface area contributed by atoms with Crippen molar-refractivity contribution < 1.29 is 0 Å². The van der Waals surface area contributed by atoms with Gasteiger partial charge in [0.25, 0.3) is 0 Å². The van der Waals surface area contributed by atoms with Gasteiger partial charge in [0.1, 0.15) is 8.07 Å². The molecular weight excluding hydrogens is 619 g/mol. The van der Waals surface area contributed by atoms with Gasteiger partial charge in [-0.3, -0.25) is 0 Å². The SMILES string of the molecule is C[Si]1(C)c2ccc(-c3cccc(N(c4ccccc4)c4cccc(-c5ccc(-c6ccccc6)cc5)c4)c3)cc2-c2cc3ccccc3cc21. The highest BCUT2D eigenvalue weighted by Crippen LogP contribution is 2.40. The molecule has 50 heavy (non-hydrogen) atoms. The molecule has 0 amide bonds. The summed E-state index contributed by atoms with van der Waals surface area (Å²) in [5, 5.41) is 5.72. The minimum Gasteiger partial charge on any atom is -0.310 e. The number of para-hydroxylation sites is 1. The van der Waals surface area contributed by atoms with E-state index in [2.05, 4.69) is 206 Å². The topological polar surface area (TPSA) is 3.24 Å². The van der Waals surface area contributed by atoms with Gasteiger partial charge < -0.3 is 4.90 Å². The predicted molar refractivity (Wildman–Crippen MR) is 217 cm³/mol. The summed E-state index contributed by atoms with van der Waals surface area (Å²) in [5.41, 5.74) is 13.5. The van der Waals surface area contributed by atoms with E-state index in [0.29, 0.717) is 0 Å². The summed E-state index contributed by atoms with van der Waals surface area (Å²) in [6.45, 7) is 4.99. The molecule has 1 nitrogen and oxygen atoms in total. The lowest BCUT2D eigenvalue weighted by Gasteiger charge is -2.26. The highest BCUT2D eigenvalue weighted by atomic mass is 28.3. The van der Waals surface area contributed by atoms with Crippen LogP contribution in [-0.4, -0.2) is 8.07 Å². The molecule has 0 aromatic heterocycles. The van der Waals surface area contributed by atoms with Gasteiger partial charge in [0.15, 0.2) is 0 Å². The van der Waals surface area contributed by atoms with Crippen LogP contribution < -0.4 is 15.3 Å². The van der Waals surface area contributed by atoms with Crippen LogP contribution in [-0.2, 0) is 0 Å². The number of nitrogens with zero attached hydrogens (tertiary/aromatic N) is 1. The van der Waals surface area contributed by atoms with Gasteiger partial charge in [-0.25, -0.2) is 0 Å². The molecule has 0 spiro atoms. The van der Waals surface area contributed by atoms with Gasteiger partial charge in [-0.2, -0.15) is 0 Å². The van der Waals surface area contributed by atoms with E-state index in [-0.39, 0.29) is 0 Å². The number of rotatable bonds is 6. The first-order valence-electron chi connectivity index (χ1n) is 17.4. The average molecular weight is 656 g/mol. The Kier molecular flexibility index (Phi) is 7.33. The van der Waals surface area contributed by atoms with Crippen LogP contribution in [0.3, 0.4) is 0 Å². The number of fused-ring (bicyclic) bond motifs is 4. The third kappa shape index (κ3) is 5.26. The molecule has 1 aliphatic rings. The van der Waals surface area contributed by atoms with Crippen molar-refractivity contribution in [3.05, 3.63) is 188 Å². The quantitative estimate of drug-likeness (QED) is 0.161. The van der Waals surface area contributed by atoms with Crippen molar-refractivity contribution in [3.8, 4) is 44.5 Å². The maximum absolute atomic E-state index is 2.50. The Morgan fingerprint density at radius 3 is 1.42 bits per heavy atom. The largest absolute Gasteiger partial charge is 0.310 e. The van der Waals surface area contributed by atoms with Gasteiger partial charge in [-0.15, -0.1) is 0 Å². The first kappa shape index (κ1) is 30.1. The molecule has 0 N–H and O–H groups in total. The molecule has 0 atom stereocenters. The fraction of sp³-hybridized carbons (Fsp3) is 0.0417. The summed E-state index contributed by atoms with van der Waals surface area (Å²) in [7, 11) is -1.80. The molecule has 8 aromatic rings. The van der Waals surface area contributed by atoms with E-state index >= 15 is 0 Å². The number of anilines is 3.